The molecule has 33 heavy (non-hydrogen) atoms. The van der Waals surface area contributed by atoms with Gasteiger partial charge in [-0.05, 0) is 51.0 Å². The third-order valence-electron chi connectivity index (χ3n) is 5.26. The van der Waals surface area contributed by atoms with Crippen LogP contribution in [0.1, 0.15) is 37.8 Å². The minimum atomic E-state index is -3.55. The molecule has 0 aromatic heterocycles. The van der Waals surface area contributed by atoms with E-state index in [1.807, 2.05) is 13.0 Å². The molecule has 0 saturated carbocycles. The number of carbonyl (C=O) groups excluding carboxylic acids is 2. The molecule has 2 amide bonds. The molecule has 9 heteroatoms. The summed E-state index contributed by atoms with van der Waals surface area (Å²) in [5.41, 5.74) is 1.76. The number of sulfonamides is 1. The molecule has 2 aromatic carbocycles. The Labute approximate surface area is 195 Å². The minimum Gasteiger partial charge on any atom is -0.355 e. The molecule has 0 unspecified atom stereocenters. The number of anilines is 1. The van der Waals surface area contributed by atoms with E-state index >= 15 is 0 Å². The number of amides is 2. The predicted octanol–water partition coefficient (Wildman–Crippen LogP) is 3.23. The van der Waals surface area contributed by atoms with E-state index in [1.54, 1.807) is 50.2 Å². The van der Waals surface area contributed by atoms with Crippen LogP contribution >= 0.6 is 0 Å². The van der Waals surface area contributed by atoms with E-state index in [0.717, 1.165) is 11.8 Å². The molecule has 2 rings (SSSR count). The summed E-state index contributed by atoms with van der Waals surface area (Å²) >= 11 is 0. The Bertz CT molecular complexity index is 1070. The molecule has 7 nitrogen and oxygen atoms in total. The second-order valence-corrected chi connectivity index (χ2v) is 9.87. The zero-order valence-electron chi connectivity index (χ0n) is 19.5. The van der Waals surface area contributed by atoms with Crippen LogP contribution in [0.15, 0.2) is 48.5 Å². The highest BCUT2D eigenvalue weighted by Crippen LogP contribution is 2.20. The number of rotatable bonds is 11. The topological polar surface area (TPSA) is 86.8 Å². The van der Waals surface area contributed by atoms with Crippen molar-refractivity contribution in [2.45, 2.75) is 46.2 Å². The molecule has 0 heterocycles. The SMILES string of the molecule is CCNC(=O)[C@H](C)N(Cc1ccccc1F)C(=O)CCCN(c1cccc(C)c1)S(C)(=O)=O. The molecule has 0 fully saturated rings. The van der Waals surface area contributed by atoms with Crippen molar-refractivity contribution >= 4 is 27.5 Å². The highest BCUT2D eigenvalue weighted by molar-refractivity contribution is 7.92. The van der Waals surface area contributed by atoms with E-state index < -0.39 is 21.9 Å². The standard InChI is InChI=1S/C24H32FN3O4S/c1-5-26-24(30)19(3)27(17-20-11-6-7-13-22(20)25)23(29)14-9-15-28(33(4,31)32)21-12-8-10-18(2)16-21/h6-8,10-13,16,19H,5,9,14-15,17H2,1-4H3,(H,26,30)/t19-/m0/s1. The van der Waals surface area contributed by atoms with Gasteiger partial charge in [0.2, 0.25) is 21.8 Å². The first-order valence-electron chi connectivity index (χ1n) is 10.9. The summed E-state index contributed by atoms with van der Waals surface area (Å²) in [5.74, 6) is -1.14. The van der Waals surface area contributed by atoms with Gasteiger partial charge in [0.15, 0.2) is 0 Å². The van der Waals surface area contributed by atoms with Gasteiger partial charge in [-0.3, -0.25) is 13.9 Å². The molecule has 0 aliphatic heterocycles. The van der Waals surface area contributed by atoms with Crippen molar-refractivity contribution in [3.63, 3.8) is 0 Å². The van der Waals surface area contributed by atoms with Crippen LogP contribution in [0.4, 0.5) is 10.1 Å². The summed E-state index contributed by atoms with van der Waals surface area (Å²) in [6.45, 7) is 5.70. The number of benzene rings is 2. The first kappa shape index (κ1) is 26.3. The lowest BCUT2D eigenvalue weighted by Gasteiger charge is -2.29. The monoisotopic (exact) mass is 477 g/mol. The molecule has 0 bridgehead atoms. The van der Waals surface area contributed by atoms with Crippen LogP contribution in [0.5, 0.6) is 0 Å². The molecule has 1 N–H and O–H groups in total. The zero-order valence-corrected chi connectivity index (χ0v) is 20.4. The van der Waals surface area contributed by atoms with Gasteiger partial charge in [-0.1, -0.05) is 30.3 Å². The Morgan fingerprint density at radius 3 is 2.42 bits per heavy atom. The van der Waals surface area contributed by atoms with Gasteiger partial charge in [0.1, 0.15) is 11.9 Å². The lowest BCUT2D eigenvalue weighted by molar-refractivity contribution is -0.140. The highest BCUT2D eigenvalue weighted by Gasteiger charge is 2.27. The second kappa shape index (κ2) is 11.8. The molecule has 180 valence electrons. The molecule has 0 spiro atoms. The van der Waals surface area contributed by atoms with E-state index in [1.165, 1.54) is 15.3 Å². The van der Waals surface area contributed by atoms with Crippen molar-refractivity contribution < 1.29 is 22.4 Å². The van der Waals surface area contributed by atoms with Crippen molar-refractivity contribution in [2.75, 3.05) is 23.7 Å². The number of likely N-dealkylation sites (N-methyl/N-ethyl adjacent to an activating group) is 1. The summed E-state index contributed by atoms with van der Waals surface area (Å²) < 4.78 is 40.2. The molecule has 2 aromatic rings. The first-order valence-corrected chi connectivity index (χ1v) is 12.7. The predicted molar refractivity (Wildman–Crippen MR) is 128 cm³/mol. The molecule has 0 aliphatic carbocycles. The highest BCUT2D eigenvalue weighted by atomic mass is 32.2. The number of aryl methyl sites for hydroxylation is 1. The average molecular weight is 478 g/mol. The van der Waals surface area contributed by atoms with Gasteiger partial charge >= 0.3 is 0 Å². The van der Waals surface area contributed by atoms with Crippen molar-refractivity contribution in [1.82, 2.24) is 10.2 Å². The van der Waals surface area contributed by atoms with E-state index in [0.29, 0.717) is 17.8 Å². The van der Waals surface area contributed by atoms with Crippen molar-refractivity contribution in [1.29, 1.82) is 0 Å². The lowest BCUT2D eigenvalue weighted by Crippen LogP contribution is -2.47. The molecule has 0 radical (unpaired) electrons. The fourth-order valence-corrected chi connectivity index (χ4v) is 4.46. The first-order chi connectivity index (χ1) is 15.5. The fraction of sp³-hybridized carbons (Fsp3) is 0.417. The Balaban J connectivity index is 2.16. The van der Waals surface area contributed by atoms with Crippen LogP contribution < -0.4 is 9.62 Å². The van der Waals surface area contributed by atoms with E-state index in [9.17, 15) is 22.4 Å². The summed E-state index contributed by atoms with van der Waals surface area (Å²) in [6.07, 6.45) is 1.38. The lowest BCUT2D eigenvalue weighted by atomic mass is 10.1. The Morgan fingerprint density at radius 1 is 1.12 bits per heavy atom. The number of nitrogens with zero attached hydrogens (tertiary/aromatic N) is 2. The van der Waals surface area contributed by atoms with Gasteiger partial charge < -0.3 is 10.2 Å². The van der Waals surface area contributed by atoms with Crippen LogP contribution in [0, 0.1) is 12.7 Å². The minimum absolute atomic E-state index is 0.00995. The van der Waals surface area contributed by atoms with Crippen molar-refractivity contribution in [2.24, 2.45) is 0 Å². The van der Waals surface area contributed by atoms with Gasteiger partial charge in [0, 0.05) is 31.6 Å². The van der Waals surface area contributed by atoms with Gasteiger partial charge in [0.25, 0.3) is 0 Å². The van der Waals surface area contributed by atoms with Crippen molar-refractivity contribution in [3.05, 3.63) is 65.5 Å². The normalized spacial score (nSPS) is 12.2. The maximum Gasteiger partial charge on any atom is 0.242 e. The summed E-state index contributed by atoms with van der Waals surface area (Å²) in [6, 6.07) is 12.4. The zero-order chi connectivity index (χ0) is 24.6. The number of hydrogen-bond acceptors (Lipinski definition) is 4. The maximum absolute atomic E-state index is 14.2. The number of nitrogens with one attached hydrogen (secondary N) is 1. The third kappa shape index (κ3) is 7.56. The smallest absolute Gasteiger partial charge is 0.242 e. The summed E-state index contributed by atoms with van der Waals surface area (Å²) in [4.78, 5) is 26.8. The maximum atomic E-state index is 14.2. The molecular weight excluding hydrogens is 445 g/mol. The molecular formula is C24H32FN3O4S. The van der Waals surface area contributed by atoms with Gasteiger partial charge in [-0.15, -0.1) is 0 Å². The van der Waals surface area contributed by atoms with E-state index in [-0.39, 0.29) is 37.7 Å². The Hall–Kier alpha value is -2.94. The van der Waals surface area contributed by atoms with Crippen LogP contribution in [-0.2, 0) is 26.2 Å². The second-order valence-electron chi connectivity index (χ2n) is 7.96. The van der Waals surface area contributed by atoms with Crippen molar-refractivity contribution in [3.8, 4) is 0 Å². The quantitative estimate of drug-likeness (QED) is 0.538. The molecule has 0 saturated heterocycles. The Kier molecular flexibility index (Phi) is 9.40. The van der Waals surface area contributed by atoms with E-state index in [4.69, 9.17) is 0 Å². The van der Waals surface area contributed by atoms with Crippen LogP contribution in [-0.4, -0.2) is 50.5 Å². The summed E-state index contributed by atoms with van der Waals surface area (Å²) in [5, 5.41) is 2.69. The number of carbonyl (C=O) groups is 2. The van der Waals surface area contributed by atoms with Gasteiger partial charge in [-0.2, -0.15) is 0 Å². The van der Waals surface area contributed by atoms with Gasteiger partial charge in [0.05, 0.1) is 11.9 Å². The molecule has 0 aliphatic rings. The van der Waals surface area contributed by atoms with Gasteiger partial charge in [-0.25, -0.2) is 12.8 Å². The largest absolute Gasteiger partial charge is 0.355 e. The number of halogens is 1. The number of hydrogen-bond donors (Lipinski definition) is 1. The summed E-state index contributed by atoms with van der Waals surface area (Å²) in [7, 11) is -3.55. The van der Waals surface area contributed by atoms with Crippen LogP contribution in [0.3, 0.4) is 0 Å². The fourth-order valence-electron chi connectivity index (χ4n) is 3.50. The Morgan fingerprint density at radius 2 is 1.82 bits per heavy atom. The third-order valence-corrected chi connectivity index (χ3v) is 6.45. The van der Waals surface area contributed by atoms with Crippen LogP contribution in [0.2, 0.25) is 0 Å². The van der Waals surface area contributed by atoms with E-state index in [2.05, 4.69) is 5.32 Å². The molecule has 1 atom stereocenters. The van der Waals surface area contributed by atoms with Crippen LogP contribution in [0.25, 0.3) is 0 Å². The average Bonchev–Trinajstić information content (AvgIpc) is 2.74.